The van der Waals surface area contributed by atoms with E-state index in [9.17, 15) is 10.1 Å². The summed E-state index contributed by atoms with van der Waals surface area (Å²) in [6.45, 7) is 0. The highest BCUT2D eigenvalue weighted by Gasteiger charge is 2.20. The highest BCUT2D eigenvalue weighted by Crippen LogP contribution is 2.37. The van der Waals surface area contributed by atoms with E-state index in [1.807, 2.05) is 11.4 Å². The highest BCUT2D eigenvalue weighted by atomic mass is 35.5. The second-order valence-electron chi connectivity index (χ2n) is 3.91. The van der Waals surface area contributed by atoms with Crippen LogP contribution in [0.3, 0.4) is 0 Å². The fourth-order valence-electron chi connectivity index (χ4n) is 1.85. The van der Waals surface area contributed by atoms with Gasteiger partial charge in [-0.05, 0) is 11.4 Å². The van der Waals surface area contributed by atoms with Crippen LogP contribution in [0.2, 0.25) is 0 Å². The molecule has 0 fully saturated rings. The van der Waals surface area contributed by atoms with Crippen molar-refractivity contribution in [3.05, 3.63) is 56.3 Å². The van der Waals surface area contributed by atoms with Crippen molar-refractivity contribution in [3.8, 4) is 5.75 Å². The van der Waals surface area contributed by atoms with Gasteiger partial charge in [-0.15, -0.1) is 22.9 Å². The molecule has 0 bridgehead atoms. The van der Waals surface area contributed by atoms with Gasteiger partial charge in [-0.2, -0.15) is 0 Å². The number of hydrogen-bond donors (Lipinski definition) is 0. The largest absolute Gasteiger partial charge is 0.496 e. The van der Waals surface area contributed by atoms with Crippen molar-refractivity contribution in [2.45, 2.75) is 11.8 Å². The van der Waals surface area contributed by atoms with E-state index in [1.165, 1.54) is 17.4 Å². The second-order valence-corrected chi connectivity index (χ2v) is 5.39. The fraction of sp³-hybridized carbons (Fsp3) is 0.231. The third kappa shape index (κ3) is 3.05. The van der Waals surface area contributed by atoms with Crippen LogP contribution >= 0.6 is 22.9 Å². The number of rotatable bonds is 5. The van der Waals surface area contributed by atoms with Crippen LogP contribution in [0.15, 0.2) is 35.7 Å². The molecule has 0 aliphatic carbocycles. The number of alkyl halides is 1. The Labute approximate surface area is 119 Å². The van der Waals surface area contributed by atoms with Crippen LogP contribution in [0.25, 0.3) is 0 Å². The van der Waals surface area contributed by atoms with Crippen LogP contribution in [-0.2, 0) is 6.42 Å². The third-order valence-electron chi connectivity index (χ3n) is 2.75. The van der Waals surface area contributed by atoms with Gasteiger partial charge in [-0.1, -0.05) is 18.2 Å². The second kappa shape index (κ2) is 6.04. The number of halogens is 1. The molecule has 0 saturated carbocycles. The van der Waals surface area contributed by atoms with Gasteiger partial charge in [0.15, 0.2) is 0 Å². The minimum atomic E-state index is -0.384. The van der Waals surface area contributed by atoms with Crippen molar-refractivity contribution in [2.24, 2.45) is 0 Å². The highest BCUT2D eigenvalue weighted by molar-refractivity contribution is 7.10. The van der Waals surface area contributed by atoms with E-state index >= 15 is 0 Å². The SMILES string of the molecule is COc1ccsc1C(Cl)Cc1ccccc1[N+](=O)[O-]. The molecule has 2 aromatic rings. The minimum Gasteiger partial charge on any atom is -0.496 e. The Kier molecular flexibility index (Phi) is 4.39. The first-order valence-corrected chi connectivity index (χ1v) is 6.93. The summed E-state index contributed by atoms with van der Waals surface area (Å²) in [6, 6.07) is 8.49. The molecule has 0 N–H and O–H groups in total. The van der Waals surface area contributed by atoms with Gasteiger partial charge >= 0.3 is 0 Å². The summed E-state index contributed by atoms with van der Waals surface area (Å²) in [5.41, 5.74) is 0.728. The average Bonchev–Trinajstić information content (AvgIpc) is 2.87. The van der Waals surface area contributed by atoms with E-state index in [4.69, 9.17) is 16.3 Å². The molecule has 0 spiro atoms. The molecule has 1 unspecified atom stereocenters. The van der Waals surface area contributed by atoms with Crippen LogP contribution in [0, 0.1) is 10.1 Å². The number of benzene rings is 1. The monoisotopic (exact) mass is 297 g/mol. The number of nitro benzene ring substituents is 1. The number of para-hydroxylation sites is 1. The van der Waals surface area contributed by atoms with Gasteiger partial charge in [0.25, 0.3) is 5.69 Å². The number of methoxy groups -OCH3 is 1. The maximum Gasteiger partial charge on any atom is 0.272 e. The Balaban J connectivity index is 2.24. The molecule has 6 heteroatoms. The van der Waals surface area contributed by atoms with E-state index in [0.29, 0.717) is 12.0 Å². The zero-order valence-corrected chi connectivity index (χ0v) is 11.8. The number of nitrogens with zero attached hydrogens (tertiary/aromatic N) is 1. The van der Waals surface area contributed by atoms with Gasteiger partial charge in [0.2, 0.25) is 0 Å². The molecular weight excluding hydrogens is 286 g/mol. The first-order valence-electron chi connectivity index (χ1n) is 5.61. The summed E-state index contributed by atoms with van der Waals surface area (Å²) in [4.78, 5) is 11.5. The number of thiophene rings is 1. The quantitative estimate of drug-likeness (QED) is 0.472. The van der Waals surface area contributed by atoms with Crippen LogP contribution < -0.4 is 4.74 Å². The normalized spacial score (nSPS) is 12.1. The minimum absolute atomic E-state index is 0.101. The van der Waals surface area contributed by atoms with Crippen molar-refractivity contribution in [2.75, 3.05) is 7.11 Å². The lowest BCUT2D eigenvalue weighted by Crippen LogP contribution is -2.00. The summed E-state index contributed by atoms with van der Waals surface area (Å²) in [5.74, 6) is 0.726. The first-order chi connectivity index (χ1) is 9.13. The summed E-state index contributed by atoms with van der Waals surface area (Å²) in [6.07, 6.45) is 0.398. The maximum absolute atomic E-state index is 11.0. The Hall–Kier alpha value is -1.59. The average molecular weight is 298 g/mol. The van der Waals surface area contributed by atoms with E-state index in [-0.39, 0.29) is 16.0 Å². The van der Waals surface area contributed by atoms with Crippen molar-refractivity contribution in [1.29, 1.82) is 0 Å². The van der Waals surface area contributed by atoms with Crippen molar-refractivity contribution in [1.82, 2.24) is 0 Å². The van der Waals surface area contributed by atoms with Crippen molar-refractivity contribution >= 4 is 28.6 Å². The van der Waals surface area contributed by atoms with E-state index < -0.39 is 0 Å². The molecule has 19 heavy (non-hydrogen) atoms. The molecule has 1 aromatic heterocycles. The Morgan fingerprint density at radius 3 is 2.84 bits per heavy atom. The molecule has 1 atom stereocenters. The van der Waals surface area contributed by atoms with Gasteiger partial charge in [0.1, 0.15) is 5.75 Å². The zero-order valence-electron chi connectivity index (χ0n) is 10.2. The lowest BCUT2D eigenvalue weighted by molar-refractivity contribution is -0.385. The molecule has 0 aliphatic rings. The molecule has 1 aromatic carbocycles. The number of nitro groups is 1. The molecule has 0 radical (unpaired) electrons. The zero-order chi connectivity index (χ0) is 13.8. The third-order valence-corrected chi connectivity index (χ3v) is 4.26. The van der Waals surface area contributed by atoms with Gasteiger partial charge in [-0.3, -0.25) is 10.1 Å². The molecule has 100 valence electrons. The maximum atomic E-state index is 11.0. The number of ether oxygens (including phenoxy) is 1. The first kappa shape index (κ1) is 13.8. The van der Waals surface area contributed by atoms with E-state index in [0.717, 1.165) is 10.6 Å². The molecule has 1 heterocycles. The van der Waals surface area contributed by atoms with Gasteiger partial charge in [0, 0.05) is 18.1 Å². The van der Waals surface area contributed by atoms with Crippen molar-refractivity contribution < 1.29 is 9.66 Å². The summed E-state index contributed by atoms with van der Waals surface area (Å²) < 4.78 is 5.21. The standard InChI is InChI=1S/C13H12ClNO3S/c1-18-12-6-7-19-13(12)10(14)8-9-4-2-3-5-11(9)15(16)17/h2-7,10H,8H2,1H3. The predicted molar refractivity (Wildman–Crippen MR) is 76.3 cm³/mol. The Bertz CT molecular complexity index is 585. The Morgan fingerprint density at radius 1 is 1.42 bits per heavy atom. The predicted octanol–water partition coefficient (Wildman–Crippen LogP) is 4.19. The smallest absolute Gasteiger partial charge is 0.272 e. The van der Waals surface area contributed by atoms with E-state index in [2.05, 4.69) is 0 Å². The molecule has 0 aliphatic heterocycles. The van der Waals surface area contributed by atoms with Gasteiger partial charge in [-0.25, -0.2) is 0 Å². The molecule has 0 saturated heterocycles. The summed E-state index contributed by atoms with van der Waals surface area (Å²) in [5, 5.41) is 12.5. The molecule has 0 amide bonds. The lowest BCUT2D eigenvalue weighted by Gasteiger charge is -2.10. The number of hydrogen-bond acceptors (Lipinski definition) is 4. The summed E-state index contributed by atoms with van der Waals surface area (Å²) in [7, 11) is 1.58. The molecule has 2 rings (SSSR count). The molecule has 4 nitrogen and oxygen atoms in total. The fourth-order valence-corrected chi connectivity index (χ4v) is 3.12. The van der Waals surface area contributed by atoms with Crippen LogP contribution in [0.4, 0.5) is 5.69 Å². The van der Waals surface area contributed by atoms with Crippen molar-refractivity contribution in [3.63, 3.8) is 0 Å². The molecular formula is C13H12ClNO3S. The van der Waals surface area contributed by atoms with E-state index in [1.54, 1.807) is 25.3 Å². The van der Waals surface area contributed by atoms with Crippen LogP contribution in [0.1, 0.15) is 15.8 Å². The van der Waals surface area contributed by atoms with Crippen LogP contribution in [0.5, 0.6) is 5.75 Å². The summed E-state index contributed by atoms with van der Waals surface area (Å²) >= 11 is 7.84. The Morgan fingerprint density at radius 2 is 2.16 bits per heavy atom. The lowest BCUT2D eigenvalue weighted by atomic mass is 10.1. The van der Waals surface area contributed by atoms with Gasteiger partial charge in [0.05, 0.1) is 22.3 Å². The van der Waals surface area contributed by atoms with Crippen LogP contribution in [-0.4, -0.2) is 12.0 Å². The topological polar surface area (TPSA) is 52.4 Å². The van der Waals surface area contributed by atoms with Gasteiger partial charge < -0.3 is 4.74 Å².